The van der Waals surface area contributed by atoms with Gasteiger partial charge in [0.25, 0.3) is 5.91 Å². The van der Waals surface area contributed by atoms with E-state index >= 15 is 0 Å². The average Bonchev–Trinajstić information content (AvgIpc) is 2.76. The molecule has 1 aliphatic rings. The molecular weight excluding hydrogens is 356 g/mol. The van der Waals surface area contributed by atoms with E-state index in [2.05, 4.69) is 4.98 Å². The fraction of sp³-hybridized carbons (Fsp3) is 0.273. The van der Waals surface area contributed by atoms with Crippen LogP contribution in [0.5, 0.6) is 17.2 Å². The predicted molar refractivity (Wildman–Crippen MR) is 106 cm³/mol. The van der Waals surface area contributed by atoms with Gasteiger partial charge in [-0.2, -0.15) is 0 Å². The molecule has 1 amide bonds. The van der Waals surface area contributed by atoms with Gasteiger partial charge in [0, 0.05) is 11.9 Å². The lowest BCUT2D eigenvalue weighted by molar-refractivity contribution is 0.0471. The summed E-state index contributed by atoms with van der Waals surface area (Å²) in [5.74, 6) is 2.08. The second kappa shape index (κ2) is 7.76. The number of hydrogen-bond donors (Lipinski definition) is 0. The molecular formula is C22H22N2O4. The van der Waals surface area contributed by atoms with Crippen LogP contribution in [0.2, 0.25) is 0 Å². The zero-order valence-electron chi connectivity index (χ0n) is 15.9. The molecule has 1 unspecified atom stereocenters. The summed E-state index contributed by atoms with van der Waals surface area (Å²) in [6.07, 6.45) is -0.219. The lowest BCUT2D eigenvalue weighted by atomic mass is 10.2. The van der Waals surface area contributed by atoms with Gasteiger partial charge in [-0.1, -0.05) is 18.2 Å². The molecule has 2 aromatic carbocycles. The molecule has 0 saturated heterocycles. The summed E-state index contributed by atoms with van der Waals surface area (Å²) in [5.41, 5.74) is 1.17. The molecule has 0 N–H and O–H groups in total. The third-order valence-electron chi connectivity index (χ3n) is 4.78. The lowest BCUT2D eigenvalue weighted by Gasteiger charge is -2.30. The van der Waals surface area contributed by atoms with Gasteiger partial charge in [-0.3, -0.25) is 4.79 Å². The van der Waals surface area contributed by atoms with Gasteiger partial charge in [0.15, 0.2) is 17.6 Å². The van der Waals surface area contributed by atoms with Gasteiger partial charge in [-0.05, 0) is 43.3 Å². The van der Waals surface area contributed by atoms with Crippen LogP contribution in [0.1, 0.15) is 17.4 Å². The summed E-state index contributed by atoms with van der Waals surface area (Å²) in [5, 5.41) is 0.930. The first-order valence-corrected chi connectivity index (χ1v) is 9.30. The number of amides is 1. The van der Waals surface area contributed by atoms with Crippen LogP contribution in [-0.4, -0.2) is 48.7 Å². The van der Waals surface area contributed by atoms with Crippen LogP contribution in [0.15, 0.2) is 54.6 Å². The molecule has 0 bridgehead atoms. The quantitative estimate of drug-likeness (QED) is 0.680. The van der Waals surface area contributed by atoms with E-state index in [0.29, 0.717) is 31.1 Å². The minimum absolute atomic E-state index is 0.123. The Bertz CT molecular complexity index is 1000. The second-order valence-corrected chi connectivity index (χ2v) is 6.60. The summed E-state index contributed by atoms with van der Waals surface area (Å²) in [6, 6.07) is 16.8. The molecule has 3 aromatic rings. The zero-order chi connectivity index (χ0) is 19.5. The van der Waals surface area contributed by atoms with Crippen LogP contribution in [0, 0.1) is 0 Å². The summed E-state index contributed by atoms with van der Waals surface area (Å²) in [6.45, 7) is 3.35. The minimum Gasteiger partial charge on any atom is -0.497 e. The minimum atomic E-state index is -0.219. The number of carbonyl (C=O) groups excluding carboxylic acids is 1. The standard InChI is InChI=1S/C22H22N2O4/c1-3-24(13-17-14-27-20-6-4-5-7-21(20)28-17)22(25)19-10-8-15-12-16(26-2)9-11-18(15)23-19/h4-12,17H,3,13-14H2,1-2H3. The first kappa shape index (κ1) is 18.1. The van der Waals surface area contributed by atoms with Crippen LogP contribution >= 0.6 is 0 Å². The summed E-state index contributed by atoms with van der Waals surface area (Å²) in [4.78, 5) is 19.3. The number of rotatable bonds is 5. The van der Waals surface area contributed by atoms with Gasteiger partial charge in [-0.15, -0.1) is 0 Å². The van der Waals surface area contributed by atoms with E-state index < -0.39 is 0 Å². The first-order chi connectivity index (χ1) is 13.7. The normalized spacial score (nSPS) is 15.3. The number of hydrogen-bond acceptors (Lipinski definition) is 5. The molecule has 0 aliphatic carbocycles. The summed E-state index contributed by atoms with van der Waals surface area (Å²) < 4.78 is 17.0. The number of methoxy groups -OCH3 is 1. The van der Waals surface area contributed by atoms with Gasteiger partial charge < -0.3 is 19.1 Å². The highest BCUT2D eigenvalue weighted by Gasteiger charge is 2.25. The van der Waals surface area contributed by atoms with Gasteiger partial charge in [0.1, 0.15) is 18.1 Å². The van der Waals surface area contributed by atoms with Gasteiger partial charge >= 0.3 is 0 Å². The van der Waals surface area contributed by atoms with Gasteiger partial charge in [0.2, 0.25) is 0 Å². The molecule has 6 nitrogen and oxygen atoms in total. The predicted octanol–water partition coefficient (Wildman–Crippen LogP) is 3.55. The number of ether oxygens (including phenoxy) is 3. The van der Waals surface area contributed by atoms with Crippen molar-refractivity contribution in [3.8, 4) is 17.2 Å². The monoisotopic (exact) mass is 378 g/mol. The molecule has 0 saturated carbocycles. The molecule has 1 atom stereocenters. The van der Waals surface area contributed by atoms with Crippen molar-refractivity contribution in [3.63, 3.8) is 0 Å². The second-order valence-electron chi connectivity index (χ2n) is 6.60. The van der Waals surface area contributed by atoms with E-state index in [1.54, 1.807) is 18.1 Å². The molecule has 28 heavy (non-hydrogen) atoms. The Morgan fingerprint density at radius 2 is 2.00 bits per heavy atom. The molecule has 0 spiro atoms. The maximum absolute atomic E-state index is 13.0. The Hall–Kier alpha value is -3.28. The van der Waals surface area contributed by atoms with Crippen molar-refractivity contribution in [1.29, 1.82) is 0 Å². The van der Waals surface area contributed by atoms with Crippen LogP contribution < -0.4 is 14.2 Å². The van der Waals surface area contributed by atoms with Crippen molar-refractivity contribution in [1.82, 2.24) is 9.88 Å². The summed E-state index contributed by atoms with van der Waals surface area (Å²) in [7, 11) is 1.63. The molecule has 1 aromatic heterocycles. The largest absolute Gasteiger partial charge is 0.497 e. The number of benzene rings is 2. The van der Waals surface area contributed by atoms with E-state index in [4.69, 9.17) is 14.2 Å². The van der Waals surface area contributed by atoms with E-state index in [0.717, 1.165) is 22.4 Å². The Balaban J connectivity index is 1.50. The molecule has 4 rings (SSSR count). The third-order valence-corrected chi connectivity index (χ3v) is 4.78. The number of nitrogens with zero attached hydrogens (tertiary/aromatic N) is 2. The van der Waals surface area contributed by atoms with Crippen LogP contribution in [0.4, 0.5) is 0 Å². The molecule has 144 valence electrons. The van der Waals surface area contributed by atoms with E-state index in [-0.39, 0.29) is 12.0 Å². The van der Waals surface area contributed by atoms with Crippen molar-refractivity contribution in [2.45, 2.75) is 13.0 Å². The number of carbonyl (C=O) groups is 1. The van der Waals surface area contributed by atoms with E-state index in [1.165, 1.54) is 0 Å². The smallest absolute Gasteiger partial charge is 0.272 e. The van der Waals surface area contributed by atoms with Crippen molar-refractivity contribution in [2.75, 3.05) is 26.8 Å². The fourth-order valence-electron chi connectivity index (χ4n) is 3.27. The third kappa shape index (κ3) is 3.58. The van der Waals surface area contributed by atoms with Crippen LogP contribution in [0.3, 0.4) is 0 Å². The molecule has 0 fully saturated rings. The summed E-state index contributed by atoms with van der Waals surface area (Å²) >= 11 is 0. The number of likely N-dealkylation sites (N-methyl/N-ethyl adjacent to an activating group) is 1. The molecule has 0 radical (unpaired) electrons. The van der Waals surface area contributed by atoms with Crippen molar-refractivity contribution in [2.24, 2.45) is 0 Å². The fourth-order valence-corrected chi connectivity index (χ4v) is 3.27. The van der Waals surface area contributed by atoms with E-state index in [9.17, 15) is 4.79 Å². The maximum Gasteiger partial charge on any atom is 0.272 e. The first-order valence-electron chi connectivity index (χ1n) is 9.30. The molecule has 6 heteroatoms. The molecule has 2 heterocycles. The SMILES string of the molecule is CCN(CC1COc2ccccc2O1)C(=O)c1ccc2cc(OC)ccc2n1. The van der Waals surface area contributed by atoms with Crippen molar-refractivity contribution in [3.05, 3.63) is 60.3 Å². The van der Waals surface area contributed by atoms with Crippen LogP contribution in [-0.2, 0) is 0 Å². The Morgan fingerprint density at radius 3 is 2.79 bits per heavy atom. The Kier molecular flexibility index (Phi) is 5.02. The van der Waals surface area contributed by atoms with Crippen LogP contribution in [0.25, 0.3) is 10.9 Å². The molecule has 1 aliphatic heterocycles. The number of aromatic nitrogens is 1. The highest BCUT2D eigenvalue weighted by molar-refractivity contribution is 5.95. The highest BCUT2D eigenvalue weighted by atomic mass is 16.6. The Morgan fingerprint density at radius 1 is 1.18 bits per heavy atom. The zero-order valence-corrected chi connectivity index (χ0v) is 15.9. The number of para-hydroxylation sites is 2. The number of pyridine rings is 1. The Labute approximate surface area is 163 Å². The van der Waals surface area contributed by atoms with Crippen molar-refractivity contribution < 1.29 is 19.0 Å². The average molecular weight is 378 g/mol. The topological polar surface area (TPSA) is 60.9 Å². The van der Waals surface area contributed by atoms with Gasteiger partial charge in [0.05, 0.1) is 19.2 Å². The van der Waals surface area contributed by atoms with Gasteiger partial charge in [-0.25, -0.2) is 4.98 Å². The highest BCUT2D eigenvalue weighted by Crippen LogP contribution is 2.31. The lowest BCUT2D eigenvalue weighted by Crippen LogP contribution is -2.43. The van der Waals surface area contributed by atoms with E-state index in [1.807, 2.05) is 55.5 Å². The number of fused-ring (bicyclic) bond motifs is 2. The van der Waals surface area contributed by atoms with Crippen molar-refractivity contribution >= 4 is 16.8 Å². The maximum atomic E-state index is 13.0.